The second kappa shape index (κ2) is 16.0. The molecule has 3 fully saturated rings. The maximum atomic E-state index is 9.69. The molecule has 0 radical (unpaired) electrons. The van der Waals surface area contributed by atoms with Gasteiger partial charge in [-0.15, -0.1) is 0 Å². The molecule has 12 heteroatoms. The number of halogens is 1. The standard InChI is InChI=1S/C37H47BrN9OP/c1-6-33(47-17-14-27(15-18-47)46-21-19-45(2)20-22-46)34(48-3)23-26(13-16-39)41-37-40-24-29(38)36(44-37)43-32-12-11-31-28(35(32)49(4)5)9-10-30(42-31)25-7-8-25/h6,9-13,23-25,27H,7-8,14-15,17-22H2,1-5H3,(H2,40,41,43,44)/b26-13-,33-6+,34-23+. The van der Waals surface area contributed by atoms with E-state index in [4.69, 9.17) is 14.7 Å². The van der Waals surface area contributed by atoms with E-state index in [9.17, 15) is 5.26 Å². The van der Waals surface area contributed by atoms with Gasteiger partial charge in [-0.1, -0.05) is 20.1 Å². The summed E-state index contributed by atoms with van der Waals surface area (Å²) in [7, 11) is 3.43. The van der Waals surface area contributed by atoms with E-state index in [-0.39, 0.29) is 0 Å². The molecule has 0 bridgehead atoms. The minimum Gasteiger partial charge on any atom is -0.495 e. The number of benzene rings is 1. The summed E-state index contributed by atoms with van der Waals surface area (Å²) in [5.74, 6) is 2.29. The van der Waals surface area contributed by atoms with Crippen LogP contribution in [0.5, 0.6) is 0 Å². The number of likely N-dealkylation sites (tertiary alicyclic amines) is 1. The van der Waals surface area contributed by atoms with E-state index in [1.807, 2.05) is 13.0 Å². The topological polar surface area (TPSA) is 105 Å². The first-order valence-corrected chi connectivity index (χ1v) is 20.2. The number of hydrogen-bond acceptors (Lipinski definition) is 10. The fourth-order valence-corrected chi connectivity index (χ4v) is 8.44. The molecule has 2 saturated heterocycles. The van der Waals surface area contributed by atoms with Crippen molar-refractivity contribution < 1.29 is 4.74 Å². The van der Waals surface area contributed by atoms with Gasteiger partial charge in [-0.2, -0.15) is 10.2 Å². The summed E-state index contributed by atoms with van der Waals surface area (Å²) in [5, 5.41) is 19.0. The lowest BCUT2D eigenvalue weighted by Gasteiger charge is -2.43. The van der Waals surface area contributed by atoms with E-state index in [0.29, 0.717) is 35.2 Å². The zero-order valence-electron chi connectivity index (χ0n) is 29.2. The Kier molecular flexibility index (Phi) is 11.5. The zero-order valence-corrected chi connectivity index (χ0v) is 31.7. The van der Waals surface area contributed by atoms with Gasteiger partial charge in [0.1, 0.15) is 11.6 Å². The molecule has 0 atom stereocenters. The first-order chi connectivity index (χ1) is 23.8. The quantitative estimate of drug-likeness (QED) is 0.0950. The fraction of sp³-hybridized carbons (Fsp3) is 0.459. The third-order valence-electron chi connectivity index (χ3n) is 9.67. The normalized spacial score (nSPS) is 19.0. The SMILES string of the molecule is C\C=C(/C(=C\C(=C\C#N)Nc1ncc(Br)c(Nc2ccc3nc(C4CC4)ccc3c2P(C)C)n1)OC)N1CCC(N2CCN(C)CC2)CC1. The van der Waals surface area contributed by atoms with Gasteiger partial charge in [0.05, 0.1) is 34.6 Å². The molecule has 0 unspecified atom stereocenters. The van der Waals surface area contributed by atoms with Crippen LogP contribution in [0.2, 0.25) is 0 Å². The van der Waals surface area contributed by atoms with Crippen LogP contribution in [0.4, 0.5) is 17.5 Å². The predicted octanol–water partition coefficient (Wildman–Crippen LogP) is 6.74. The number of pyridine rings is 1. The molecule has 0 spiro atoms. The van der Waals surface area contributed by atoms with Gasteiger partial charge in [-0.05, 0) is 87.1 Å². The second-order valence-corrected chi connectivity index (χ2v) is 16.3. The van der Waals surface area contributed by atoms with Crippen LogP contribution in [-0.4, -0.2) is 102 Å². The van der Waals surface area contributed by atoms with Crippen LogP contribution < -0.4 is 15.9 Å². The Morgan fingerprint density at radius 3 is 2.45 bits per heavy atom. The molecular weight excluding hydrogens is 697 g/mol. The Morgan fingerprint density at radius 1 is 1.04 bits per heavy atom. The summed E-state index contributed by atoms with van der Waals surface area (Å²) in [4.78, 5) is 21.8. The van der Waals surface area contributed by atoms with E-state index < -0.39 is 7.92 Å². The molecule has 49 heavy (non-hydrogen) atoms. The molecule has 4 heterocycles. The molecular formula is C37H47BrN9OP. The Morgan fingerprint density at radius 2 is 1.80 bits per heavy atom. The van der Waals surface area contributed by atoms with Crippen LogP contribution >= 0.6 is 23.9 Å². The van der Waals surface area contributed by atoms with Crippen LogP contribution in [-0.2, 0) is 4.74 Å². The first kappa shape index (κ1) is 35.3. The van der Waals surface area contributed by atoms with E-state index in [1.54, 1.807) is 13.3 Å². The first-order valence-electron chi connectivity index (χ1n) is 17.1. The summed E-state index contributed by atoms with van der Waals surface area (Å²) in [6.07, 6.45) is 11.8. The summed E-state index contributed by atoms with van der Waals surface area (Å²) in [5.41, 5.74) is 4.79. The highest BCUT2D eigenvalue weighted by Gasteiger charge is 2.29. The summed E-state index contributed by atoms with van der Waals surface area (Å²) >= 11 is 3.65. The van der Waals surface area contributed by atoms with Gasteiger partial charge in [-0.3, -0.25) is 9.88 Å². The number of rotatable bonds is 11. The van der Waals surface area contributed by atoms with Crippen molar-refractivity contribution in [2.45, 2.75) is 44.6 Å². The van der Waals surface area contributed by atoms with Crippen LogP contribution in [0.25, 0.3) is 10.9 Å². The van der Waals surface area contributed by atoms with Gasteiger partial charge in [0.2, 0.25) is 5.95 Å². The zero-order chi connectivity index (χ0) is 34.5. The highest BCUT2D eigenvalue weighted by Crippen LogP contribution is 2.41. The Bertz CT molecular complexity index is 1780. The van der Waals surface area contributed by atoms with Crippen molar-refractivity contribution in [1.82, 2.24) is 29.7 Å². The van der Waals surface area contributed by atoms with Crippen molar-refractivity contribution in [3.63, 3.8) is 0 Å². The molecule has 1 aliphatic carbocycles. The van der Waals surface area contributed by atoms with E-state index in [0.717, 1.165) is 73.5 Å². The lowest BCUT2D eigenvalue weighted by molar-refractivity contribution is 0.0743. The maximum Gasteiger partial charge on any atom is 0.229 e. The molecule has 3 aliphatic rings. The Hall–Kier alpha value is -3.55. The minimum atomic E-state index is -0.449. The number of likely N-dealkylation sites (N-methyl/N-ethyl adjacent to an activating group) is 1. The van der Waals surface area contributed by atoms with E-state index in [2.05, 4.69) is 103 Å². The highest BCUT2D eigenvalue weighted by molar-refractivity contribution is 9.10. The number of aromatic nitrogens is 3. The number of nitrogens with zero attached hydrogens (tertiary/aromatic N) is 7. The van der Waals surface area contributed by atoms with E-state index in [1.165, 1.54) is 35.3 Å². The number of nitrogens with one attached hydrogen (secondary N) is 2. The molecule has 1 aromatic carbocycles. The van der Waals surface area contributed by atoms with Crippen molar-refractivity contribution >= 4 is 57.5 Å². The highest BCUT2D eigenvalue weighted by atomic mass is 79.9. The van der Waals surface area contributed by atoms with Gasteiger partial charge in [0, 0.05) is 91.6 Å². The van der Waals surface area contributed by atoms with Crippen molar-refractivity contribution in [3.8, 4) is 6.07 Å². The molecule has 1 saturated carbocycles. The number of piperidine rings is 1. The summed E-state index contributed by atoms with van der Waals surface area (Å²) in [6.45, 7) is 13.0. The third-order valence-corrected chi connectivity index (χ3v) is 11.6. The van der Waals surface area contributed by atoms with Crippen molar-refractivity contribution in [2.24, 2.45) is 0 Å². The number of piperazine rings is 1. The summed E-state index contributed by atoms with van der Waals surface area (Å²) in [6, 6.07) is 11.4. The Labute approximate surface area is 300 Å². The number of nitriles is 1. The van der Waals surface area contributed by atoms with Gasteiger partial charge in [0.25, 0.3) is 0 Å². The van der Waals surface area contributed by atoms with Gasteiger partial charge >= 0.3 is 0 Å². The van der Waals surface area contributed by atoms with Crippen LogP contribution in [0, 0.1) is 11.3 Å². The molecule has 0 amide bonds. The number of methoxy groups -OCH3 is 1. The van der Waals surface area contributed by atoms with Gasteiger partial charge in [0.15, 0.2) is 0 Å². The maximum absolute atomic E-state index is 9.69. The lowest BCUT2D eigenvalue weighted by Crippen LogP contribution is -2.52. The summed E-state index contributed by atoms with van der Waals surface area (Å²) < 4.78 is 6.66. The molecule has 2 aromatic heterocycles. The second-order valence-electron chi connectivity index (χ2n) is 13.2. The molecule has 10 nitrogen and oxygen atoms in total. The largest absolute Gasteiger partial charge is 0.495 e. The number of hydrogen-bond donors (Lipinski definition) is 2. The van der Waals surface area contributed by atoms with E-state index >= 15 is 0 Å². The van der Waals surface area contributed by atoms with Crippen molar-refractivity contribution in [3.05, 3.63) is 76.0 Å². The molecule has 6 rings (SSSR count). The smallest absolute Gasteiger partial charge is 0.229 e. The lowest BCUT2D eigenvalue weighted by atomic mass is 10.0. The fourth-order valence-electron chi connectivity index (χ4n) is 6.87. The van der Waals surface area contributed by atoms with Crippen LogP contribution in [0.3, 0.4) is 0 Å². The van der Waals surface area contributed by atoms with Crippen molar-refractivity contribution in [1.29, 1.82) is 5.26 Å². The average molecular weight is 745 g/mol. The third kappa shape index (κ3) is 8.43. The number of allylic oxidation sites excluding steroid dienone is 3. The molecule has 258 valence electrons. The van der Waals surface area contributed by atoms with Gasteiger partial charge in [-0.25, -0.2) is 4.98 Å². The number of ether oxygens (including phenoxy) is 1. The van der Waals surface area contributed by atoms with Crippen LogP contribution in [0.1, 0.15) is 44.2 Å². The Balaban J connectivity index is 1.18. The van der Waals surface area contributed by atoms with Crippen molar-refractivity contribution in [2.75, 3.05) is 77.4 Å². The monoisotopic (exact) mass is 743 g/mol. The number of anilines is 3. The average Bonchev–Trinajstić information content (AvgIpc) is 3.96. The molecule has 3 aromatic rings. The molecule has 2 N–H and O–H groups in total. The minimum absolute atomic E-state index is 0.363. The number of fused-ring (bicyclic) bond motifs is 1. The van der Waals surface area contributed by atoms with Gasteiger partial charge < -0.3 is 25.2 Å². The molecule has 2 aliphatic heterocycles. The van der Waals surface area contributed by atoms with Crippen LogP contribution in [0.15, 0.2) is 70.3 Å². The predicted molar refractivity (Wildman–Crippen MR) is 205 cm³/mol.